The van der Waals surface area contributed by atoms with Crippen molar-refractivity contribution >= 4 is 11.0 Å². The van der Waals surface area contributed by atoms with Crippen molar-refractivity contribution < 1.29 is 35.4 Å². The third-order valence-electron chi connectivity index (χ3n) is 4.75. The number of imidazole rings is 1. The van der Waals surface area contributed by atoms with Gasteiger partial charge in [-0.05, 0) is 47.5 Å². The molecule has 0 aliphatic rings. The summed E-state index contributed by atoms with van der Waals surface area (Å²) < 4.78 is 7.41. The number of nitrogens with zero attached hydrogens (tertiary/aromatic N) is 4. The molecule has 134 valence electrons. The molecule has 6 heteroatoms. The molecule has 5 nitrogen and oxygen atoms in total. The second kappa shape index (κ2) is 8.06. The van der Waals surface area contributed by atoms with Crippen LogP contribution >= 0.6 is 0 Å². The van der Waals surface area contributed by atoms with Gasteiger partial charge in [0, 0.05) is 11.3 Å². The van der Waals surface area contributed by atoms with E-state index < -0.39 is 0 Å². The van der Waals surface area contributed by atoms with Gasteiger partial charge in [-0.2, -0.15) is 5.26 Å². The molecule has 0 saturated carbocycles. The van der Waals surface area contributed by atoms with Gasteiger partial charge in [0.1, 0.15) is 6.33 Å². The summed E-state index contributed by atoms with van der Waals surface area (Å²) in [6.45, 7) is 0. The molecule has 0 spiro atoms. The second-order valence-electron chi connectivity index (χ2n) is 6.39. The Bertz CT molecular complexity index is 1340. The summed E-state index contributed by atoms with van der Waals surface area (Å²) in [5.74, 6) is 0.714. The van der Waals surface area contributed by atoms with E-state index in [-0.39, 0.29) is 31.0 Å². The molecule has 0 aliphatic carbocycles. The number of aromatic nitrogens is 3. The van der Waals surface area contributed by atoms with Crippen LogP contribution in [0.2, 0.25) is 0 Å². The first-order valence-corrected chi connectivity index (χ1v) is 8.79. The van der Waals surface area contributed by atoms with Gasteiger partial charge < -0.3 is 5.84 Å². The van der Waals surface area contributed by atoms with Crippen LogP contribution in [-0.2, 0) is 0 Å². The summed E-state index contributed by atoms with van der Waals surface area (Å²) in [5.41, 5.74) is 6.36. The van der Waals surface area contributed by atoms with Gasteiger partial charge in [0.15, 0.2) is 12.2 Å². The van der Waals surface area contributed by atoms with E-state index in [1.807, 2.05) is 71.6 Å². The molecule has 0 bridgehead atoms. The predicted molar refractivity (Wildman–Crippen MR) is 108 cm³/mol. The van der Waals surface area contributed by atoms with Crippen molar-refractivity contribution in [1.29, 1.82) is 5.26 Å². The Morgan fingerprint density at radius 3 is 2.69 bits per heavy atom. The van der Waals surface area contributed by atoms with Crippen molar-refractivity contribution in [2.45, 2.75) is 0 Å². The Kier molecular flexibility index (Phi) is 5.32. The van der Waals surface area contributed by atoms with Crippen LogP contribution in [0.25, 0.3) is 39.2 Å². The minimum atomic E-state index is 0. The van der Waals surface area contributed by atoms with Crippen molar-refractivity contribution in [2.24, 2.45) is 0 Å². The van der Waals surface area contributed by atoms with E-state index in [4.69, 9.17) is 4.42 Å². The molecular weight excluding hydrogens is 371 g/mol. The first-order valence-electron chi connectivity index (χ1n) is 8.79. The zero-order valence-electron chi connectivity index (χ0n) is 16.8. The fourth-order valence-electron chi connectivity index (χ4n) is 3.39. The monoisotopic (exact) mass is 386 g/mol. The molecule has 0 saturated heterocycles. The number of fused-ring (bicyclic) bond motifs is 1. The average molecular weight is 386 g/mol. The van der Waals surface area contributed by atoms with Crippen LogP contribution in [0.4, 0.5) is 0 Å². The number of oxazole rings is 1. The molecule has 0 N–H and O–H groups in total. The van der Waals surface area contributed by atoms with E-state index in [0.717, 1.165) is 33.4 Å². The first-order chi connectivity index (χ1) is 13.8. The van der Waals surface area contributed by atoms with Gasteiger partial charge in [0.25, 0.3) is 0 Å². The molecule has 5 rings (SSSR count). The maximum absolute atomic E-state index is 9.40. The fraction of sp³-hybridized carbons (Fsp3) is 0. The van der Waals surface area contributed by atoms with Gasteiger partial charge in [-0.1, -0.05) is 30.3 Å². The van der Waals surface area contributed by atoms with E-state index in [0.29, 0.717) is 11.3 Å². The summed E-state index contributed by atoms with van der Waals surface area (Å²) in [7, 11) is 0. The van der Waals surface area contributed by atoms with E-state index in [2.05, 4.69) is 22.1 Å². The molecule has 2 heterocycles. The van der Waals surface area contributed by atoms with Crippen LogP contribution in [0.3, 0.4) is 0 Å². The van der Waals surface area contributed by atoms with Crippen LogP contribution in [-0.4, -0.2) is 14.5 Å². The Balaban J connectivity index is 0.00000128. The summed E-state index contributed by atoms with van der Waals surface area (Å²) in [6.07, 6.45) is 4.92. The van der Waals surface area contributed by atoms with Crippen LogP contribution < -0.4 is 29.6 Å². The molecule has 2 aromatic heterocycles. The number of rotatable bonds is 3. The number of hydrogen-bond acceptors (Lipinski definition) is 4. The van der Waals surface area contributed by atoms with Gasteiger partial charge in [0.05, 0.1) is 28.9 Å². The third-order valence-corrected chi connectivity index (χ3v) is 4.75. The molecule has 0 amide bonds. The Morgan fingerprint density at radius 2 is 1.86 bits per heavy atom. The molecule has 0 aliphatic heterocycles. The zero-order chi connectivity index (χ0) is 18.9. The minimum Gasteiger partial charge on any atom is -1.00 e. The van der Waals surface area contributed by atoms with Gasteiger partial charge in [-0.3, -0.25) is 4.57 Å². The quantitative estimate of drug-likeness (QED) is 0.447. The smallest absolute Gasteiger partial charge is 1.00 e. The van der Waals surface area contributed by atoms with Gasteiger partial charge in [-0.15, -0.1) is 0 Å². The number of benzene rings is 3. The largest absolute Gasteiger partial charge is 1.00 e. The third kappa shape index (κ3) is 3.50. The van der Waals surface area contributed by atoms with Crippen molar-refractivity contribution in [2.75, 3.05) is 0 Å². The normalized spacial score (nSPS) is 10.4. The molecule has 0 atom stereocenters. The molecule has 0 unspecified atom stereocenters. The molecule has 29 heavy (non-hydrogen) atoms. The van der Waals surface area contributed by atoms with Crippen LogP contribution in [0, 0.1) is 11.3 Å². The summed E-state index contributed by atoms with van der Waals surface area (Å²) in [4.78, 5) is 8.52. The van der Waals surface area contributed by atoms with Gasteiger partial charge >= 0.3 is 29.6 Å². The van der Waals surface area contributed by atoms with Crippen molar-refractivity contribution in [3.63, 3.8) is 0 Å². The first kappa shape index (κ1) is 19.2. The zero-order valence-corrected chi connectivity index (χ0v) is 17.8. The molecule has 5 aromatic rings. The van der Waals surface area contributed by atoms with Crippen LogP contribution in [0.5, 0.6) is 0 Å². The van der Waals surface area contributed by atoms with Crippen LogP contribution in [0.1, 0.15) is 6.99 Å². The second-order valence-corrected chi connectivity index (χ2v) is 6.39. The molecule has 0 radical (unpaired) electrons. The van der Waals surface area contributed by atoms with Gasteiger partial charge in [0.2, 0.25) is 0 Å². The van der Waals surface area contributed by atoms with Crippen molar-refractivity contribution in [3.8, 4) is 34.2 Å². The van der Waals surface area contributed by atoms with E-state index in [1.54, 1.807) is 6.20 Å². The van der Waals surface area contributed by atoms with E-state index >= 15 is 0 Å². The summed E-state index contributed by atoms with van der Waals surface area (Å²) in [6, 6.07) is 24.0. The molecular formula is C23H15N4NaO. The SMILES string of the molecule is N#Cc1ccccc1-c1cccc(-n2cnc3cc(-c4cnco4)ccc32)c1.[H-].[Na+]. The average Bonchev–Trinajstić information content (AvgIpc) is 3.43. The Morgan fingerprint density at radius 1 is 0.966 bits per heavy atom. The maximum Gasteiger partial charge on any atom is 1.00 e. The summed E-state index contributed by atoms with van der Waals surface area (Å²) >= 11 is 0. The molecule has 3 aromatic carbocycles. The maximum atomic E-state index is 9.40. The molecule has 0 fully saturated rings. The number of hydrogen-bond donors (Lipinski definition) is 0. The van der Waals surface area contributed by atoms with Crippen LogP contribution in [0.15, 0.2) is 90.1 Å². The van der Waals surface area contributed by atoms with E-state index in [9.17, 15) is 5.26 Å². The number of nitriles is 1. The minimum absolute atomic E-state index is 0. The predicted octanol–water partition coefficient (Wildman–Crippen LogP) is 2.34. The Hall–Kier alpha value is -3.17. The Labute approximate surface area is 191 Å². The van der Waals surface area contributed by atoms with Crippen molar-refractivity contribution in [3.05, 3.63) is 91.2 Å². The topological polar surface area (TPSA) is 67.6 Å². The standard InChI is InChI=1S/C23H14N4O.Na.H/c24-12-18-4-1-2-7-20(18)16-5-3-6-19(10-16)27-14-26-21-11-17(8-9-22(21)27)23-13-25-15-28-23;;/h1-11,13-15H;;/q;+1;-1. The van der Waals surface area contributed by atoms with Crippen molar-refractivity contribution in [1.82, 2.24) is 14.5 Å². The van der Waals surface area contributed by atoms with E-state index in [1.165, 1.54) is 6.39 Å². The summed E-state index contributed by atoms with van der Waals surface area (Å²) in [5, 5.41) is 9.40. The fourth-order valence-corrected chi connectivity index (χ4v) is 3.39. The van der Waals surface area contributed by atoms with Gasteiger partial charge in [-0.25, -0.2) is 9.97 Å².